The van der Waals surface area contributed by atoms with Crippen molar-refractivity contribution >= 4 is 34.4 Å². The molecule has 4 rings (SSSR count). The summed E-state index contributed by atoms with van der Waals surface area (Å²) in [7, 11) is 0. The minimum Gasteiger partial charge on any atom is -0.325 e. The molecule has 1 aliphatic rings. The molecule has 10 heteroatoms. The second-order valence-corrected chi connectivity index (χ2v) is 9.65. The van der Waals surface area contributed by atoms with Crippen molar-refractivity contribution in [2.24, 2.45) is 11.7 Å². The topological polar surface area (TPSA) is 81.6 Å². The van der Waals surface area contributed by atoms with Crippen LogP contribution in [0, 0.1) is 5.92 Å². The van der Waals surface area contributed by atoms with E-state index in [9.17, 15) is 13.2 Å². The molecule has 32 heavy (non-hydrogen) atoms. The maximum absolute atomic E-state index is 13.2. The molecule has 2 heterocycles. The van der Waals surface area contributed by atoms with Gasteiger partial charge in [-0.2, -0.15) is 13.2 Å². The molecule has 1 saturated carbocycles. The van der Waals surface area contributed by atoms with E-state index in [-0.39, 0.29) is 10.7 Å². The van der Waals surface area contributed by atoms with E-state index >= 15 is 0 Å². The molecule has 0 atom stereocenters. The number of nitrogens with two attached hydrogens (primary N) is 1. The number of alkyl halides is 3. The molecule has 3 N–H and O–H groups in total. The molecule has 0 amide bonds. The lowest BCUT2D eigenvalue weighted by Crippen LogP contribution is -2.37. The Morgan fingerprint density at radius 3 is 2.53 bits per heavy atom. The van der Waals surface area contributed by atoms with E-state index in [0.717, 1.165) is 24.4 Å². The third-order valence-corrected chi connectivity index (χ3v) is 5.75. The molecule has 0 aliphatic heterocycles. The standard InChI is InChI=1S/C22H26ClF3N6/c1-21(2,27)12-32-19-17(11-28-18(31-19)7-13-5-3-4-6-13)30-20(32)29-16-9-14(22(24,25)26)8-15(23)10-16/h8-11,13H,3-7,12,27H2,1-2H3,(H,29,30). The summed E-state index contributed by atoms with van der Waals surface area (Å²) in [6.45, 7) is 4.09. The summed E-state index contributed by atoms with van der Waals surface area (Å²) >= 11 is 5.94. The van der Waals surface area contributed by atoms with Crippen LogP contribution in [0.3, 0.4) is 0 Å². The zero-order valence-corrected chi connectivity index (χ0v) is 18.8. The molecule has 0 saturated heterocycles. The third-order valence-electron chi connectivity index (χ3n) is 5.53. The number of benzene rings is 1. The highest BCUT2D eigenvalue weighted by atomic mass is 35.5. The monoisotopic (exact) mass is 466 g/mol. The first-order valence-corrected chi connectivity index (χ1v) is 11.0. The quantitative estimate of drug-likeness (QED) is 0.486. The van der Waals surface area contributed by atoms with Gasteiger partial charge in [0.05, 0.1) is 11.8 Å². The molecule has 1 aliphatic carbocycles. The van der Waals surface area contributed by atoms with Crippen LogP contribution < -0.4 is 11.1 Å². The SMILES string of the molecule is CC(C)(N)Cn1c(Nc2cc(Cl)cc(C(F)(F)F)c2)nc2cnc(CC3CCCC3)nc21. The molecule has 0 bridgehead atoms. The van der Waals surface area contributed by atoms with Crippen molar-refractivity contribution in [2.75, 3.05) is 5.32 Å². The van der Waals surface area contributed by atoms with E-state index in [1.165, 1.54) is 31.7 Å². The highest BCUT2D eigenvalue weighted by molar-refractivity contribution is 6.31. The largest absolute Gasteiger partial charge is 0.416 e. The number of halogens is 4. The lowest BCUT2D eigenvalue weighted by atomic mass is 10.0. The highest BCUT2D eigenvalue weighted by Crippen LogP contribution is 2.34. The van der Waals surface area contributed by atoms with E-state index < -0.39 is 17.3 Å². The average Bonchev–Trinajstić information content (AvgIpc) is 3.28. The molecule has 1 aromatic carbocycles. The first-order chi connectivity index (χ1) is 15.0. The minimum absolute atomic E-state index is 0.0252. The number of hydrogen-bond acceptors (Lipinski definition) is 5. The van der Waals surface area contributed by atoms with Gasteiger partial charge in [0.15, 0.2) is 5.65 Å². The Morgan fingerprint density at radius 1 is 1.16 bits per heavy atom. The Labute approximate surface area is 189 Å². The van der Waals surface area contributed by atoms with Crippen LogP contribution in [0.25, 0.3) is 11.2 Å². The summed E-state index contributed by atoms with van der Waals surface area (Å²) in [5.41, 5.74) is 6.15. The van der Waals surface area contributed by atoms with Crippen LogP contribution >= 0.6 is 11.6 Å². The van der Waals surface area contributed by atoms with Crippen molar-refractivity contribution in [3.63, 3.8) is 0 Å². The fraction of sp³-hybridized carbons (Fsp3) is 0.500. The maximum Gasteiger partial charge on any atom is 0.416 e. The van der Waals surface area contributed by atoms with Crippen molar-refractivity contribution < 1.29 is 13.2 Å². The van der Waals surface area contributed by atoms with Gasteiger partial charge >= 0.3 is 6.18 Å². The van der Waals surface area contributed by atoms with Crippen LogP contribution in [-0.4, -0.2) is 25.1 Å². The summed E-state index contributed by atoms with van der Waals surface area (Å²) in [6, 6.07) is 3.31. The van der Waals surface area contributed by atoms with Gasteiger partial charge in [0.25, 0.3) is 0 Å². The Morgan fingerprint density at radius 2 is 1.88 bits per heavy atom. The summed E-state index contributed by atoms with van der Waals surface area (Å²) in [4.78, 5) is 13.8. The molecule has 3 aromatic rings. The number of imidazole rings is 1. The predicted molar refractivity (Wildman–Crippen MR) is 119 cm³/mol. The van der Waals surface area contributed by atoms with Crippen LogP contribution in [0.5, 0.6) is 0 Å². The Hall–Kier alpha value is -2.39. The molecule has 172 valence electrons. The number of fused-ring (bicyclic) bond motifs is 1. The summed E-state index contributed by atoms with van der Waals surface area (Å²) < 4.78 is 41.5. The van der Waals surface area contributed by atoms with Crippen molar-refractivity contribution in [1.29, 1.82) is 0 Å². The number of aromatic nitrogens is 4. The van der Waals surface area contributed by atoms with E-state index in [0.29, 0.717) is 29.6 Å². The van der Waals surface area contributed by atoms with E-state index in [1.54, 1.807) is 10.8 Å². The molecule has 0 unspecified atom stereocenters. The summed E-state index contributed by atoms with van der Waals surface area (Å²) in [5, 5.41) is 2.95. The van der Waals surface area contributed by atoms with Crippen molar-refractivity contribution in [2.45, 2.75) is 64.2 Å². The molecule has 0 radical (unpaired) electrons. The highest BCUT2D eigenvalue weighted by Gasteiger charge is 2.31. The number of rotatable bonds is 6. The first-order valence-electron chi connectivity index (χ1n) is 10.6. The van der Waals surface area contributed by atoms with Crippen molar-refractivity contribution in [3.05, 3.63) is 40.8 Å². The van der Waals surface area contributed by atoms with Crippen molar-refractivity contribution in [1.82, 2.24) is 19.5 Å². The van der Waals surface area contributed by atoms with E-state index in [2.05, 4.69) is 15.3 Å². The Bertz CT molecular complexity index is 1110. The van der Waals surface area contributed by atoms with Gasteiger partial charge in [-0.1, -0.05) is 37.3 Å². The smallest absolute Gasteiger partial charge is 0.325 e. The van der Waals surface area contributed by atoms with Gasteiger partial charge in [-0.05, 0) is 38.0 Å². The second-order valence-electron chi connectivity index (χ2n) is 9.21. The minimum atomic E-state index is -4.51. The summed E-state index contributed by atoms with van der Waals surface area (Å²) in [5.74, 6) is 1.66. The molecule has 0 spiro atoms. The lowest BCUT2D eigenvalue weighted by Gasteiger charge is -2.21. The molecule has 6 nitrogen and oxygen atoms in total. The molecular weight excluding hydrogens is 441 g/mol. The Kier molecular flexibility index (Phi) is 6.06. The first kappa shape index (κ1) is 22.8. The van der Waals surface area contributed by atoms with Crippen LogP contribution in [-0.2, 0) is 19.1 Å². The van der Waals surface area contributed by atoms with Gasteiger partial charge in [0.1, 0.15) is 11.3 Å². The Balaban J connectivity index is 1.73. The number of hydrogen-bond donors (Lipinski definition) is 2. The molecule has 2 aromatic heterocycles. The lowest BCUT2D eigenvalue weighted by molar-refractivity contribution is -0.137. The maximum atomic E-state index is 13.2. The molecular formula is C22H26ClF3N6. The zero-order valence-electron chi connectivity index (χ0n) is 18.0. The normalized spacial score (nSPS) is 15.6. The average molecular weight is 467 g/mol. The van der Waals surface area contributed by atoms with Crippen LogP contribution in [0.1, 0.15) is 50.9 Å². The van der Waals surface area contributed by atoms with Crippen LogP contribution in [0.15, 0.2) is 24.4 Å². The van der Waals surface area contributed by atoms with Gasteiger partial charge in [0.2, 0.25) is 5.95 Å². The number of anilines is 2. The van der Waals surface area contributed by atoms with Gasteiger partial charge in [-0.15, -0.1) is 0 Å². The van der Waals surface area contributed by atoms with E-state index in [4.69, 9.17) is 22.3 Å². The number of nitrogens with zero attached hydrogens (tertiary/aromatic N) is 4. The van der Waals surface area contributed by atoms with Gasteiger partial charge < -0.3 is 11.1 Å². The third kappa shape index (κ3) is 5.32. The second kappa shape index (κ2) is 8.51. The van der Waals surface area contributed by atoms with Gasteiger partial charge in [0, 0.05) is 29.2 Å². The number of nitrogens with one attached hydrogen (secondary N) is 1. The van der Waals surface area contributed by atoms with Crippen LogP contribution in [0.4, 0.5) is 24.8 Å². The summed E-state index contributed by atoms with van der Waals surface area (Å²) in [6.07, 6.45) is 2.79. The zero-order chi connectivity index (χ0) is 23.1. The fourth-order valence-electron chi connectivity index (χ4n) is 4.13. The van der Waals surface area contributed by atoms with Gasteiger partial charge in [-0.3, -0.25) is 4.57 Å². The van der Waals surface area contributed by atoms with Crippen LogP contribution in [0.2, 0.25) is 5.02 Å². The van der Waals surface area contributed by atoms with Gasteiger partial charge in [-0.25, -0.2) is 15.0 Å². The van der Waals surface area contributed by atoms with E-state index in [1.807, 2.05) is 13.8 Å². The molecule has 1 fully saturated rings. The fourth-order valence-corrected chi connectivity index (χ4v) is 4.37. The van der Waals surface area contributed by atoms with Crippen molar-refractivity contribution in [3.8, 4) is 0 Å². The predicted octanol–water partition coefficient (Wildman–Crippen LogP) is 5.71.